The number of amides is 3. The number of nitrogens with zero attached hydrogens (tertiary/aromatic N) is 1. The zero-order valence-electron chi connectivity index (χ0n) is 15.4. The van der Waals surface area contributed by atoms with Crippen LogP contribution in [-0.2, 0) is 19.1 Å². The van der Waals surface area contributed by atoms with Crippen LogP contribution in [0.1, 0.15) is 16.8 Å². The fourth-order valence-electron chi connectivity index (χ4n) is 2.66. The summed E-state index contributed by atoms with van der Waals surface area (Å²) in [6.07, 6.45) is 0.0730. The number of ether oxygens (including phenoxy) is 1. The molecular weight excluding hydrogens is 416 g/mol. The first-order valence-corrected chi connectivity index (χ1v) is 9.90. The molecule has 0 aliphatic carbocycles. The monoisotopic (exact) mass is 432 g/mol. The smallest absolute Gasteiger partial charge is 0.339 e. The van der Waals surface area contributed by atoms with E-state index in [1.54, 1.807) is 48.5 Å². The number of halogens is 1. The van der Waals surface area contributed by atoms with E-state index in [-0.39, 0.29) is 23.8 Å². The van der Waals surface area contributed by atoms with Gasteiger partial charge in [-0.2, -0.15) is 0 Å². The van der Waals surface area contributed by atoms with Crippen LogP contribution in [0.3, 0.4) is 0 Å². The lowest BCUT2D eigenvalue weighted by molar-refractivity contribution is -0.136. The minimum absolute atomic E-state index is 0.0730. The molecule has 3 rings (SSSR count). The van der Waals surface area contributed by atoms with E-state index in [0.29, 0.717) is 15.6 Å². The van der Waals surface area contributed by atoms with E-state index in [1.165, 1.54) is 7.05 Å². The maximum Gasteiger partial charge on any atom is 0.339 e. The summed E-state index contributed by atoms with van der Waals surface area (Å²) in [5, 5.41) is 2.34. The van der Waals surface area contributed by atoms with E-state index in [4.69, 9.17) is 16.3 Å². The van der Waals surface area contributed by atoms with Gasteiger partial charge >= 0.3 is 5.97 Å². The fourth-order valence-corrected chi connectivity index (χ4v) is 4.07. The minimum atomic E-state index is -0.701. The van der Waals surface area contributed by atoms with E-state index in [1.807, 2.05) is 0 Å². The molecule has 0 spiro atoms. The second-order valence-corrected chi connectivity index (χ2v) is 7.85. The predicted molar refractivity (Wildman–Crippen MR) is 109 cm³/mol. The third kappa shape index (κ3) is 4.96. The molecule has 1 aliphatic heterocycles. The van der Waals surface area contributed by atoms with Crippen LogP contribution in [-0.4, -0.2) is 47.5 Å². The Hall–Kier alpha value is -2.84. The summed E-state index contributed by atoms with van der Waals surface area (Å²) in [6.45, 7) is -0.493. The summed E-state index contributed by atoms with van der Waals surface area (Å²) in [6, 6.07) is 13.3. The van der Waals surface area contributed by atoms with E-state index < -0.39 is 23.7 Å². The maximum atomic E-state index is 12.5. The van der Waals surface area contributed by atoms with Crippen LogP contribution in [0.4, 0.5) is 5.69 Å². The van der Waals surface area contributed by atoms with Crippen molar-refractivity contribution in [3.05, 3.63) is 59.1 Å². The SMILES string of the molecule is CN1C(=O)CC(Sc2ccccc2C(=O)OCC(=O)Nc2ccccc2Cl)C1=O. The van der Waals surface area contributed by atoms with Crippen LogP contribution >= 0.6 is 23.4 Å². The Morgan fingerprint density at radius 2 is 1.86 bits per heavy atom. The number of hydrogen-bond donors (Lipinski definition) is 1. The largest absolute Gasteiger partial charge is 0.452 e. The van der Waals surface area contributed by atoms with Crippen molar-refractivity contribution in [2.75, 3.05) is 19.0 Å². The molecule has 29 heavy (non-hydrogen) atoms. The first-order chi connectivity index (χ1) is 13.9. The number of rotatable bonds is 6. The lowest BCUT2D eigenvalue weighted by atomic mass is 10.2. The van der Waals surface area contributed by atoms with Crippen LogP contribution in [0.15, 0.2) is 53.4 Å². The highest BCUT2D eigenvalue weighted by molar-refractivity contribution is 8.00. The van der Waals surface area contributed by atoms with Gasteiger partial charge in [-0.3, -0.25) is 19.3 Å². The zero-order chi connectivity index (χ0) is 21.0. The summed E-state index contributed by atoms with van der Waals surface area (Å²) in [5.41, 5.74) is 0.637. The van der Waals surface area contributed by atoms with Gasteiger partial charge in [0.15, 0.2) is 6.61 Å². The van der Waals surface area contributed by atoms with Crippen LogP contribution in [0.5, 0.6) is 0 Å². The summed E-state index contributed by atoms with van der Waals surface area (Å²) in [5.74, 6) is -1.80. The Balaban J connectivity index is 1.63. The van der Waals surface area contributed by atoms with Crippen molar-refractivity contribution in [2.24, 2.45) is 0 Å². The average molecular weight is 433 g/mol. The molecule has 1 N–H and O–H groups in total. The second kappa shape index (κ2) is 9.11. The molecule has 0 saturated carbocycles. The van der Waals surface area contributed by atoms with E-state index >= 15 is 0 Å². The molecule has 150 valence electrons. The quantitative estimate of drug-likeness (QED) is 0.557. The van der Waals surface area contributed by atoms with Gasteiger partial charge in [0.25, 0.3) is 5.91 Å². The number of thioether (sulfide) groups is 1. The van der Waals surface area contributed by atoms with Crippen molar-refractivity contribution in [1.29, 1.82) is 0 Å². The molecule has 9 heteroatoms. The molecule has 0 aromatic heterocycles. The standard InChI is InChI=1S/C20H17ClN2O5S/c1-23-18(25)10-16(19(23)26)29-15-9-5-2-6-12(15)20(27)28-11-17(24)22-14-8-4-3-7-13(14)21/h2-9,16H,10-11H2,1H3,(H,22,24). The lowest BCUT2D eigenvalue weighted by Gasteiger charge is -2.12. The maximum absolute atomic E-state index is 12.5. The Labute approximate surface area is 176 Å². The van der Waals surface area contributed by atoms with Gasteiger partial charge in [-0.15, -0.1) is 11.8 Å². The normalized spacial score (nSPS) is 16.1. The lowest BCUT2D eigenvalue weighted by Crippen LogP contribution is -2.26. The van der Waals surface area contributed by atoms with Crippen molar-refractivity contribution >= 4 is 52.7 Å². The molecule has 7 nitrogen and oxygen atoms in total. The molecule has 2 aromatic rings. The molecule has 0 radical (unpaired) electrons. The molecule has 1 saturated heterocycles. The molecule has 2 aromatic carbocycles. The van der Waals surface area contributed by atoms with Gasteiger partial charge in [-0.05, 0) is 24.3 Å². The average Bonchev–Trinajstić information content (AvgIpc) is 2.95. The molecule has 1 heterocycles. The number of para-hydroxylation sites is 1. The second-order valence-electron chi connectivity index (χ2n) is 6.20. The highest BCUT2D eigenvalue weighted by atomic mass is 35.5. The third-order valence-corrected chi connectivity index (χ3v) is 5.79. The number of likely N-dealkylation sites (tertiary alicyclic amines) is 1. The Kier molecular flexibility index (Phi) is 6.56. The van der Waals surface area contributed by atoms with Crippen LogP contribution < -0.4 is 5.32 Å². The van der Waals surface area contributed by atoms with Crippen molar-refractivity contribution in [1.82, 2.24) is 4.90 Å². The molecule has 1 aliphatic rings. The van der Waals surface area contributed by atoms with Gasteiger partial charge in [-0.1, -0.05) is 35.9 Å². The summed E-state index contributed by atoms with van der Waals surface area (Å²) in [4.78, 5) is 49.9. The number of carbonyl (C=O) groups is 4. The number of carbonyl (C=O) groups excluding carboxylic acids is 4. The molecule has 1 atom stereocenters. The summed E-state index contributed by atoms with van der Waals surface area (Å²) in [7, 11) is 1.43. The third-order valence-electron chi connectivity index (χ3n) is 4.20. The first-order valence-electron chi connectivity index (χ1n) is 8.64. The van der Waals surface area contributed by atoms with Gasteiger partial charge in [0, 0.05) is 18.4 Å². The molecule has 0 bridgehead atoms. The topological polar surface area (TPSA) is 92.8 Å². The van der Waals surface area contributed by atoms with Gasteiger partial charge in [0.2, 0.25) is 11.8 Å². The first kappa shape index (κ1) is 20.9. The molecule has 3 amide bonds. The van der Waals surface area contributed by atoms with E-state index in [2.05, 4.69) is 5.32 Å². The van der Waals surface area contributed by atoms with Crippen molar-refractivity contribution in [2.45, 2.75) is 16.6 Å². The number of nitrogens with one attached hydrogen (secondary N) is 1. The summed E-state index contributed by atoms with van der Waals surface area (Å²) >= 11 is 7.11. The number of imide groups is 1. The number of esters is 1. The van der Waals surface area contributed by atoms with Crippen LogP contribution in [0.2, 0.25) is 5.02 Å². The number of hydrogen-bond acceptors (Lipinski definition) is 6. The Morgan fingerprint density at radius 3 is 2.55 bits per heavy atom. The summed E-state index contributed by atoms with van der Waals surface area (Å²) < 4.78 is 5.11. The number of benzene rings is 2. The van der Waals surface area contributed by atoms with Gasteiger partial charge in [0.1, 0.15) is 0 Å². The van der Waals surface area contributed by atoms with E-state index in [0.717, 1.165) is 16.7 Å². The van der Waals surface area contributed by atoms with Crippen molar-refractivity contribution < 1.29 is 23.9 Å². The Bertz CT molecular complexity index is 981. The van der Waals surface area contributed by atoms with Gasteiger partial charge < -0.3 is 10.1 Å². The van der Waals surface area contributed by atoms with Crippen LogP contribution in [0, 0.1) is 0 Å². The zero-order valence-corrected chi connectivity index (χ0v) is 17.0. The van der Waals surface area contributed by atoms with E-state index in [9.17, 15) is 19.2 Å². The molecule has 1 fully saturated rings. The van der Waals surface area contributed by atoms with Crippen LogP contribution in [0.25, 0.3) is 0 Å². The predicted octanol–water partition coefficient (Wildman–Crippen LogP) is 2.98. The van der Waals surface area contributed by atoms with Crippen molar-refractivity contribution in [3.63, 3.8) is 0 Å². The highest BCUT2D eigenvalue weighted by Gasteiger charge is 2.37. The molecular formula is C20H17ClN2O5S. The highest BCUT2D eigenvalue weighted by Crippen LogP contribution is 2.33. The molecule has 1 unspecified atom stereocenters. The fraction of sp³-hybridized carbons (Fsp3) is 0.200. The van der Waals surface area contributed by atoms with Gasteiger partial charge in [-0.25, -0.2) is 4.79 Å². The number of anilines is 1. The van der Waals surface area contributed by atoms with Gasteiger partial charge in [0.05, 0.1) is 21.5 Å². The van der Waals surface area contributed by atoms with Crippen molar-refractivity contribution in [3.8, 4) is 0 Å². The minimum Gasteiger partial charge on any atom is -0.452 e. The Morgan fingerprint density at radius 1 is 1.17 bits per heavy atom.